The van der Waals surface area contributed by atoms with Gasteiger partial charge in [0.25, 0.3) is 0 Å². The van der Waals surface area contributed by atoms with Crippen LogP contribution in [0, 0.1) is 0 Å². The summed E-state index contributed by atoms with van der Waals surface area (Å²) in [7, 11) is 0. The lowest BCUT2D eigenvalue weighted by molar-refractivity contribution is -0.120. The van der Waals surface area contributed by atoms with Crippen LogP contribution in [0.25, 0.3) is 0 Å². The maximum absolute atomic E-state index is 12.3. The Morgan fingerprint density at radius 3 is 2.26 bits per heavy atom. The highest BCUT2D eigenvalue weighted by Gasteiger charge is 2.13. The van der Waals surface area contributed by atoms with Gasteiger partial charge in [0.2, 0.25) is 5.91 Å². The van der Waals surface area contributed by atoms with Gasteiger partial charge in [-0.25, -0.2) is 5.43 Å². The molecular weight excluding hydrogens is 448 g/mol. The highest BCUT2D eigenvalue weighted by molar-refractivity contribution is 6.30. The molecule has 0 atom stereocenters. The minimum Gasteiger partial charge on any atom is -0.490 e. The van der Waals surface area contributed by atoms with E-state index >= 15 is 0 Å². The van der Waals surface area contributed by atoms with E-state index < -0.39 is 0 Å². The van der Waals surface area contributed by atoms with Gasteiger partial charge in [-0.05, 0) is 64.9 Å². The van der Waals surface area contributed by atoms with Crippen LogP contribution in [0.2, 0.25) is 5.02 Å². The van der Waals surface area contributed by atoms with Crippen molar-refractivity contribution in [3.8, 4) is 11.5 Å². The number of nitrogens with one attached hydrogen (secondary N) is 1. The molecule has 0 saturated carbocycles. The van der Waals surface area contributed by atoms with E-state index in [9.17, 15) is 4.79 Å². The molecule has 3 aromatic carbocycles. The van der Waals surface area contributed by atoms with Crippen LogP contribution in [0.1, 0.15) is 49.9 Å². The maximum atomic E-state index is 12.3. The molecule has 0 radical (unpaired) electrons. The third kappa shape index (κ3) is 7.63. The Morgan fingerprint density at radius 1 is 0.941 bits per heavy atom. The number of ether oxygens (including phenoxy) is 2. The number of carbonyl (C=O) groups is 1. The summed E-state index contributed by atoms with van der Waals surface area (Å²) in [6.07, 6.45) is 1.86. The van der Waals surface area contributed by atoms with E-state index in [4.69, 9.17) is 21.1 Å². The molecule has 6 heteroatoms. The zero-order valence-corrected chi connectivity index (χ0v) is 20.9. The minimum absolute atomic E-state index is 0.0852. The van der Waals surface area contributed by atoms with Crippen molar-refractivity contribution in [2.24, 2.45) is 5.10 Å². The number of rotatable bonds is 9. The molecule has 0 spiro atoms. The Morgan fingerprint density at radius 2 is 1.62 bits per heavy atom. The fourth-order valence-corrected chi connectivity index (χ4v) is 3.39. The molecule has 0 aliphatic carbocycles. The molecule has 0 aliphatic heterocycles. The van der Waals surface area contributed by atoms with Gasteiger partial charge in [0.05, 0.1) is 19.2 Å². The van der Waals surface area contributed by atoms with Crippen molar-refractivity contribution < 1.29 is 14.3 Å². The van der Waals surface area contributed by atoms with E-state index in [0.717, 1.165) is 16.7 Å². The highest BCUT2D eigenvalue weighted by Crippen LogP contribution is 2.29. The summed E-state index contributed by atoms with van der Waals surface area (Å²) >= 11 is 5.94. The summed E-state index contributed by atoms with van der Waals surface area (Å²) in [5.41, 5.74) is 6.65. The normalized spacial score (nSPS) is 11.4. The Balaban J connectivity index is 1.57. The molecule has 5 nitrogen and oxygen atoms in total. The quantitative estimate of drug-likeness (QED) is 0.289. The van der Waals surface area contributed by atoms with E-state index in [0.29, 0.717) is 29.7 Å². The van der Waals surface area contributed by atoms with Crippen molar-refractivity contribution in [1.29, 1.82) is 0 Å². The van der Waals surface area contributed by atoms with E-state index in [1.807, 2.05) is 61.5 Å². The van der Waals surface area contributed by atoms with Crippen LogP contribution >= 0.6 is 11.6 Å². The van der Waals surface area contributed by atoms with Gasteiger partial charge in [0, 0.05) is 5.02 Å². The standard InChI is InChI=1S/C28H31ClN2O3/c1-5-33-26-16-22(10-15-25(26)34-19-21-8-13-24(29)14-9-21)18-30-31-27(32)17-20-6-11-23(12-7-20)28(2,3)4/h6-16,18H,5,17,19H2,1-4H3,(H,31,32)/b30-18-. The van der Waals surface area contributed by atoms with Crippen LogP contribution in [-0.4, -0.2) is 18.7 Å². The third-order valence-corrected chi connectivity index (χ3v) is 5.41. The third-order valence-electron chi connectivity index (χ3n) is 5.16. The molecule has 1 N–H and O–H groups in total. The largest absolute Gasteiger partial charge is 0.490 e. The molecule has 3 aromatic rings. The van der Waals surface area contributed by atoms with Crippen molar-refractivity contribution in [1.82, 2.24) is 5.43 Å². The van der Waals surface area contributed by atoms with Crippen molar-refractivity contribution in [2.75, 3.05) is 6.61 Å². The van der Waals surface area contributed by atoms with E-state index in [2.05, 4.69) is 43.4 Å². The van der Waals surface area contributed by atoms with Gasteiger partial charge >= 0.3 is 0 Å². The molecule has 1 amide bonds. The fourth-order valence-electron chi connectivity index (χ4n) is 3.26. The molecule has 0 aromatic heterocycles. The van der Waals surface area contributed by atoms with Crippen LogP contribution in [0.3, 0.4) is 0 Å². The smallest absolute Gasteiger partial charge is 0.244 e. The van der Waals surface area contributed by atoms with Crippen LogP contribution in [0.4, 0.5) is 0 Å². The van der Waals surface area contributed by atoms with Crippen molar-refractivity contribution in [3.05, 3.63) is 94.0 Å². The van der Waals surface area contributed by atoms with Gasteiger partial charge in [0.1, 0.15) is 6.61 Å². The van der Waals surface area contributed by atoms with Crippen LogP contribution in [-0.2, 0) is 23.2 Å². The summed E-state index contributed by atoms with van der Waals surface area (Å²) in [4.78, 5) is 12.3. The fraction of sp³-hybridized carbons (Fsp3) is 0.286. The zero-order chi connectivity index (χ0) is 24.6. The number of hydrogen-bond acceptors (Lipinski definition) is 4. The number of halogens is 1. The lowest BCUT2D eigenvalue weighted by Gasteiger charge is -2.19. The molecule has 0 aliphatic rings. The van der Waals surface area contributed by atoms with E-state index in [1.54, 1.807) is 6.21 Å². The van der Waals surface area contributed by atoms with E-state index in [1.165, 1.54) is 5.56 Å². The molecule has 0 bridgehead atoms. The van der Waals surface area contributed by atoms with E-state index in [-0.39, 0.29) is 17.7 Å². The lowest BCUT2D eigenvalue weighted by Crippen LogP contribution is -2.20. The van der Waals surface area contributed by atoms with Crippen molar-refractivity contribution in [2.45, 2.75) is 46.1 Å². The summed E-state index contributed by atoms with van der Waals surface area (Å²) in [5, 5.41) is 4.78. The number of hydrazone groups is 1. The first-order valence-corrected chi connectivity index (χ1v) is 11.7. The summed E-state index contributed by atoms with van der Waals surface area (Å²) in [6.45, 7) is 9.31. The van der Waals surface area contributed by atoms with Gasteiger partial charge in [-0.3, -0.25) is 4.79 Å². The SMILES string of the molecule is CCOc1cc(/C=N\NC(=O)Cc2ccc(C(C)(C)C)cc2)ccc1OCc1ccc(Cl)cc1. The van der Waals surface area contributed by atoms with Gasteiger partial charge < -0.3 is 9.47 Å². The first-order chi connectivity index (χ1) is 16.2. The average Bonchev–Trinajstić information content (AvgIpc) is 2.79. The second-order valence-electron chi connectivity index (χ2n) is 8.97. The molecule has 0 heterocycles. The number of hydrogen-bond donors (Lipinski definition) is 1. The molecule has 0 fully saturated rings. The van der Waals surface area contributed by atoms with Crippen LogP contribution in [0.15, 0.2) is 71.8 Å². The second-order valence-corrected chi connectivity index (χ2v) is 9.41. The highest BCUT2D eigenvalue weighted by atomic mass is 35.5. The van der Waals surface area contributed by atoms with Crippen molar-refractivity contribution in [3.63, 3.8) is 0 Å². The Labute approximate surface area is 206 Å². The average molecular weight is 479 g/mol. The molecule has 0 unspecified atom stereocenters. The zero-order valence-electron chi connectivity index (χ0n) is 20.1. The Kier molecular flexibility index (Phi) is 8.72. The molecule has 3 rings (SSSR count). The maximum Gasteiger partial charge on any atom is 0.244 e. The number of amides is 1. The Hall–Kier alpha value is -3.31. The van der Waals surface area contributed by atoms with Crippen LogP contribution in [0.5, 0.6) is 11.5 Å². The number of carbonyl (C=O) groups excluding carboxylic acids is 1. The Bertz CT molecular complexity index is 1120. The van der Waals surface area contributed by atoms with Gasteiger partial charge in [0.15, 0.2) is 11.5 Å². The summed E-state index contributed by atoms with van der Waals surface area (Å²) in [6, 6.07) is 21.1. The number of nitrogens with zero attached hydrogens (tertiary/aromatic N) is 1. The van der Waals surface area contributed by atoms with Crippen molar-refractivity contribution >= 4 is 23.7 Å². The van der Waals surface area contributed by atoms with Crippen LogP contribution < -0.4 is 14.9 Å². The molecular formula is C28H31ClN2O3. The monoisotopic (exact) mass is 478 g/mol. The predicted molar refractivity (Wildman–Crippen MR) is 138 cm³/mol. The van der Waals surface area contributed by atoms with Gasteiger partial charge in [-0.2, -0.15) is 5.10 Å². The van der Waals surface area contributed by atoms with Gasteiger partial charge in [-0.1, -0.05) is 68.8 Å². The second kappa shape index (κ2) is 11.7. The molecule has 34 heavy (non-hydrogen) atoms. The predicted octanol–water partition coefficient (Wildman–Crippen LogP) is 6.31. The minimum atomic E-state index is -0.173. The first-order valence-electron chi connectivity index (χ1n) is 11.3. The molecule has 0 saturated heterocycles. The lowest BCUT2D eigenvalue weighted by atomic mass is 9.86. The number of benzene rings is 3. The topological polar surface area (TPSA) is 59.9 Å². The molecule has 178 valence electrons. The van der Waals surface area contributed by atoms with Gasteiger partial charge in [-0.15, -0.1) is 0 Å². The summed E-state index contributed by atoms with van der Waals surface area (Å²) < 4.78 is 11.7. The first kappa shape index (κ1) is 25.3. The summed E-state index contributed by atoms with van der Waals surface area (Å²) in [5.74, 6) is 1.08.